The Morgan fingerprint density at radius 2 is 2.29 bits per heavy atom. The number of hydrogen-bond acceptors (Lipinski definition) is 6. The predicted molar refractivity (Wildman–Crippen MR) is 71.6 cm³/mol. The molecule has 3 N–H and O–H groups in total. The maximum Gasteiger partial charge on any atom is 0.162 e. The Hall–Kier alpha value is -0.920. The van der Waals surface area contributed by atoms with Gasteiger partial charge in [0.1, 0.15) is 0 Å². The van der Waals surface area contributed by atoms with E-state index in [1.807, 2.05) is 12.1 Å². The summed E-state index contributed by atoms with van der Waals surface area (Å²) in [4.78, 5) is 2.38. The number of thioether (sulfide) groups is 2. The summed E-state index contributed by atoms with van der Waals surface area (Å²) < 4.78 is 0. The summed E-state index contributed by atoms with van der Waals surface area (Å²) >= 11 is 3.51. The van der Waals surface area contributed by atoms with Crippen molar-refractivity contribution < 1.29 is 0 Å². The molecule has 1 unspecified atom stereocenters. The third kappa shape index (κ3) is 2.36. The lowest BCUT2D eigenvalue weighted by molar-refractivity contribution is 0.881. The first-order chi connectivity index (χ1) is 7.84. The molecule has 3 rings (SSSR count). The van der Waals surface area contributed by atoms with E-state index in [0.29, 0.717) is 0 Å². The van der Waals surface area contributed by atoms with Gasteiger partial charge in [0, 0.05) is 21.2 Å². The van der Waals surface area contributed by atoms with Crippen LogP contribution in [0.2, 0.25) is 0 Å². The number of benzene rings is 1. The fraction of sp³-hybridized carbons (Fsp3) is 0.222. The maximum absolute atomic E-state index is 5.96. The third-order valence-corrected chi connectivity index (χ3v) is 5.18. The molecular weight excluding hydrogens is 278 g/mol. The summed E-state index contributed by atoms with van der Waals surface area (Å²) in [6.45, 7) is 0. The number of tetrazole rings is 1. The van der Waals surface area contributed by atoms with Crippen LogP contribution >= 0.6 is 35.9 Å². The highest BCUT2D eigenvalue weighted by atomic mass is 35.5. The molecule has 8 heteroatoms. The van der Waals surface area contributed by atoms with Crippen LogP contribution in [0.4, 0.5) is 5.69 Å². The van der Waals surface area contributed by atoms with Crippen molar-refractivity contribution >= 4 is 41.6 Å². The Balaban J connectivity index is 0.00000108. The van der Waals surface area contributed by atoms with Crippen molar-refractivity contribution in [3.8, 4) is 0 Å². The number of halogens is 1. The average molecular weight is 288 g/mol. The van der Waals surface area contributed by atoms with E-state index < -0.39 is 0 Å². The standard InChI is InChI=1S/C9H9N5S2.ClH/c10-5-2-1-3-6-8(5)16-7(4-15-6)9-11-13-14-12-9;/h1-3,7H,4,10H2,(H,11,12,13,14);1H. The van der Waals surface area contributed by atoms with Crippen LogP contribution in [0.25, 0.3) is 0 Å². The van der Waals surface area contributed by atoms with E-state index >= 15 is 0 Å². The van der Waals surface area contributed by atoms with E-state index in [4.69, 9.17) is 5.73 Å². The molecular formula is C9H10ClN5S2. The molecule has 1 atom stereocenters. The predicted octanol–water partition coefficient (Wildman–Crippen LogP) is 2.14. The highest BCUT2D eigenvalue weighted by Crippen LogP contribution is 2.49. The quantitative estimate of drug-likeness (QED) is 0.782. The fourth-order valence-corrected chi connectivity index (χ4v) is 4.15. The highest BCUT2D eigenvalue weighted by molar-refractivity contribution is 8.06. The molecule has 2 heterocycles. The van der Waals surface area contributed by atoms with Crippen LogP contribution in [0.3, 0.4) is 0 Å². The van der Waals surface area contributed by atoms with Crippen LogP contribution in [0.15, 0.2) is 28.0 Å². The zero-order valence-electron chi connectivity index (χ0n) is 8.66. The molecule has 0 aliphatic carbocycles. The summed E-state index contributed by atoms with van der Waals surface area (Å²) in [5.41, 5.74) is 6.79. The number of rotatable bonds is 1. The Bertz CT molecular complexity index is 504. The van der Waals surface area contributed by atoms with Gasteiger partial charge in [-0.25, -0.2) is 5.10 Å². The number of aromatic amines is 1. The Labute approximate surface area is 113 Å². The van der Waals surface area contributed by atoms with Crippen molar-refractivity contribution in [2.45, 2.75) is 15.0 Å². The number of nitrogens with one attached hydrogen (secondary N) is 1. The van der Waals surface area contributed by atoms with Crippen molar-refractivity contribution in [2.24, 2.45) is 0 Å². The smallest absolute Gasteiger partial charge is 0.162 e. The lowest BCUT2D eigenvalue weighted by Gasteiger charge is -2.22. The molecule has 0 bridgehead atoms. The molecule has 1 aromatic heterocycles. The lowest BCUT2D eigenvalue weighted by atomic mass is 10.3. The zero-order chi connectivity index (χ0) is 11.0. The van der Waals surface area contributed by atoms with E-state index in [2.05, 4.69) is 26.7 Å². The summed E-state index contributed by atoms with van der Waals surface area (Å²) in [5.74, 6) is 1.77. The SMILES string of the molecule is Cl.Nc1cccc2c1SC(c1nnn[nH]1)CS2. The molecule has 0 fully saturated rings. The van der Waals surface area contributed by atoms with Gasteiger partial charge in [0.25, 0.3) is 0 Å². The summed E-state index contributed by atoms with van der Waals surface area (Å²) in [7, 11) is 0. The van der Waals surface area contributed by atoms with Gasteiger partial charge in [-0.1, -0.05) is 6.07 Å². The van der Waals surface area contributed by atoms with E-state index in [9.17, 15) is 0 Å². The molecule has 0 radical (unpaired) electrons. The first-order valence-electron chi connectivity index (χ1n) is 4.76. The first-order valence-corrected chi connectivity index (χ1v) is 6.62. The molecule has 0 saturated carbocycles. The highest BCUT2D eigenvalue weighted by Gasteiger charge is 2.25. The topological polar surface area (TPSA) is 80.5 Å². The van der Waals surface area contributed by atoms with Gasteiger partial charge in [0.15, 0.2) is 5.82 Å². The number of fused-ring (bicyclic) bond motifs is 1. The van der Waals surface area contributed by atoms with Gasteiger partial charge in [0.2, 0.25) is 0 Å². The fourth-order valence-electron chi connectivity index (χ4n) is 1.55. The number of aromatic nitrogens is 4. The van der Waals surface area contributed by atoms with Crippen molar-refractivity contribution in [3.05, 3.63) is 24.0 Å². The minimum atomic E-state index is 0. The number of nitrogen functional groups attached to an aromatic ring is 1. The molecule has 0 spiro atoms. The molecule has 5 nitrogen and oxygen atoms in total. The second-order valence-corrected chi connectivity index (χ2v) is 5.65. The van der Waals surface area contributed by atoms with Crippen LogP contribution in [0.1, 0.15) is 11.1 Å². The van der Waals surface area contributed by atoms with E-state index in [-0.39, 0.29) is 17.7 Å². The minimum Gasteiger partial charge on any atom is -0.398 e. The molecule has 1 aliphatic rings. The van der Waals surface area contributed by atoms with Gasteiger partial charge in [-0.3, -0.25) is 0 Å². The third-order valence-electron chi connectivity index (χ3n) is 2.33. The van der Waals surface area contributed by atoms with E-state index in [1.54, 1.807) is 23.5 Å². The first kappa shape index (κ1) is 12.5. The van der Waals surface area contributed by atoms with E-state index in [1.165, 1.54) is 4.90 Å². The number of nitrogens with two attached hydrogens (primary N) is 1. The van der Waals surface area contributed by atoms with Crippen LogP contribution in [0.5, 0.6) is 0 Å². The number of anilines is 1. The zero-order valence-corrected chi connectivity index (χ0v) is 11.1. The van der Waals surface area contributed by atoms with Crippen molar-refractivity contribution in [1.82, 2.24) is 20.6 Å². The van der Waals surface area contributed by atoms with Gasteiger partial charge < -0.3 is 5.73 Å². The molecule has 1 aromatic carbocycles. The summed E-state index contributed by atoms with van der Waals surface area (Å²) in [5, 5.41) is 14.2. The van der Waals surface area contributed by atoms with Crippen LogP contribution in [-0.4, -0.2) is 26.4 Å². The van der Waals surface area contributed by atoms with Gasteiger partial charge in [-0.15, -0.1) is 41.0 Å². The number of nitrogens with zero attached hydrogens (tertiary/aromatic N) is 3. The number of hydrogen-bond donors (Lipinski definition) is 2. The second-order valence-electron chi connectivity index (χ2n) is 3.38. The lowest BCUT2D eigenvalue weighted by Crippen LogP contribution is -2.06. The summed E-state index contributed by atoms with van der Waals surface area (Å²) in [6.07, 6.45) is 0. The monoisotopic (exact) mass is 287 g/mol. The normalized spacial score (nSPS) is 18.2. The Morgan fingerprint density at radius 1 is 1.41 bits per heavy atom. The molecule has 2 aromatic rings. The maximum atomic E-state index is 5.96. The van der Waals surface area contributed by atoms with Gasteiger partial charge >= 0.3 is 0 Å². The van der Waals surface area contributed by atoms with Crippen LogP contribution in [-0.2, 0) is 0 Å². The van der Waals surface area contributed by atoms with Crippen molar-refractivity contribution in [2.75, 3.05) is 11.5 Å². The Kier molecular flexibility index (Phi) is 3.80. The largest absolute Gasteiger partial charge is 0.398 e. The second kappa shape index (κ2) is 5.16. The number of H-pyrrole nitrogens is 1. The Morgan fingerprint density at radius 3 is 3.06 bits per heavy atom. The molecule has 90 valence electrons. The van der Waals surface area contributed by atoms with Gasteiger partial charge in [-0.2, -0.15) is 0 Å². The van der Waals surface area contributed by atoms with Crippen LogP contribution in [0, 0.1) is 0 Å². The van der Waals surface area contributed by atoms with Crippen LogP contribution < -0.4 is 5.73 Å². The van der Waals surface area contributed by atoms with Crippen molar-refractivity contribution in [3.63, 3.8) is 0 Å². The van der Waals surface area contributed by atoms with Gasteiger partial charge in [0.05, 0.1) is 5.25 Å². The van der Waals surface area contributed by atoms with Gasteiger partial charge in [-0.05, 0) is 22.6 Å². The summed E-state index contributed by atoms with van der Waals surface area (Å²) in [6, 6.07) is 6.00. The molecule has 17 heavy (non-hydrogen) atoms. The molecule has 0 saturated heterocycles. The van der Waals surface area contributed by atoms with E-state index in [0.717, 1.165) is 22.2 Å². The minimum absolute atomic E-state index is 0. The average Bonchev–Trinajstić information content (AvgIpc) is 2.83. The van der Waals surface area contributed by atoms with Crippen molar-refractivity contribution in [1.29, 1.82) is 0 Å². The molecule has 1 aliphatic heterocycles. The molecule has 0 amide bonds.